The van der Waals surface area contributed by atoms with Crippen LogP contribution in [0.1, 0.15) is 43.6 Å². The fraction of sp³-hybridized carbons (Fsp3) is 0.533. The van der Waals surface area contributed by atoms with Gasteiger partial charge < -0.3 is 5.32 Å². The molecule has 3 rings (SSSR count). The lowest BCUT2D eigenvalue weighted by molar-refractivity contribution is 0.510. The Morgan fingerprint density at radius 2 is 2.10 bits per heavy atom. The van der Waals surface area contributed by atoms with Crippen molar-refractivity contribution in [3.05, 3.63) is 41.7 Å². The molecule has 1 saturated carbocycles. The third kappa shape index (κ3) is 2.88. The third-order valence-electron chi connectivity index (χ3n) is 3.70. The first-order valence-electron chi connectivity index (χ1n) is 7.28. The smallest absolute Gasteiger partial charge is 0.165 e. The third-order valence-corrected chi connectivity index (χ3v) is 3.70. The minimum absolute atomic E-state index is 0.420. The molecule has 20 heavy (non-hydrogen) atoms. The molecule has 0 spiro atoms. The Labute approximate surface area is 119 Å². The summed E-state index contributed by atoms with van der Waals surface area (Å²) < 4.78 is 1.99. The van der Waals surface area contributed by atoms with Crippen LogP contribution >= 0.6 is 0 Å². The predicted octanol–water partition coefficient (Wildman–Crippen LogP) is 2.15. The van der Waals surface area contributed by atoms with Crippen molar-refractivity contribution in [2.75, 3.05) is 6.54 Å². The molecule has 2 aromatic rings. The molecule has 5 nitrogen and oxygen atoms in total. The molecule has 1 aliphatic rings. The first-order chi connectivity index (χ1) is 9.75. The van der Waals surface area contributed by atoms with E-state index in [1.807, 2.05) is 4.68 Å². The fourth-order valence-electron chi connectivity index (χ4n) is 2.57. The summed E-state index contributed by atoms with van der Waals surface area (Å²) in [6.07, 6.45) is 1.13. The molecule has 1 fully saturated rings. The highest BCUT2D eigenvalue weighted by Gasteiger charge is 2.42. The van der Waals surface area contributed by atoms with Crippen LogP contribution < -0.4 is 5.32 Å². The van der Waals surface area contributed by atoms with Gasteiger partial charge in [-0.1, -0.05) is 44.2 Å². The second-order valence-corrected chi connectivity index (χ2v) is 5.88. The van der Waals surface area contributed by atoms with E-state index in [0.717, 1.165) is 25.3 Å². The predicted molar refractivity (Wildman–Crippen MR) is 77.2 cm³/mol. The molecule has 1 aromatic carbocycles. The summed E-state index contributed by atoms with van der Waals surface area (Å²) in [5.41, 5.74) is 1.38. The van der Waals surface area contributed by atoms with Gasteiger partial charge >= 0.3 is 0 Å². The Morgan fingerprint density at radius 3 is 2.85 bits per heavy atom. The van der Waals surface area contributed by atoms with Crippen LogP contribution in [0.2, 0.25) is 0 Å². The maximum atomic E-state index is 4.17. The van der Waals surface area contributed by atoms with Gasteiger partial charge in [-0.05, 0) is 34.9 Å². The number of aromatic nitrogens is 4. The van der Waals surface area contributed by atoms with Gasteiger partial charge in [0, 0.05) is 5.92 Å². The number of hydrogen-bond acceptors (Lipinski definition) is 4. The molecule has 1 N–H and O–H groups in total. The van der Waals surface area contributed by atoms with Crippen LogP contribution in [0.5, 0.6) is 0 Å². The summed E-state index contributed by atoms with van der Waals surface area (Å²) in [7, 11) is 0. The van der Waals surface area contributed by atoms with E-state index >= 15 is 0 Å². The van der Waals surface area contributed by atoms with Crippen molar-refractivity contribution < 1.29 is 0 Å². The van der Waals surface area contributed by atoms with Crippen LogP contribution in [0.15, 0.2) is 30.3 Å². The molecule has 106 valence electrons. The SMILES string of the molecule is CC(C)CNCc1nnnn1C1CC1c1ccccc1. The Bertz CT molecular complexity index is 548. The normalized spacial score (nSPS) is 21.4. The van der Waals surface area contributed by atoms with Gasteiger partial charge in [-0.3, -0.25) is 0 Å². The maximum absolute atomic E-state index is 4.17. The van der Waals surface area contributed by atoms with Gasteiger partial charge in [0.2, 0.25) is 0 Å². The summed E-state index contributed by atoms with van der Waals surface area (Å²) in [5, 5.41) is 15.5. The van der Waals surface area contributed by atoms with Gasteiger partial charge in [0.15, 0.2) is 5.82 Å². The second kappa shape index (κ2) is 5.71. The van der Waals surface area contributed by atoms with Crippen molar-refractivity contribution in [2.45, 2.75) is 38.8 Å². The van der Waals surface area contributed by atoms with Crippen molar-refractivity contribution in [3.63, 3.8) is 0 Å². The highest BCUT2D eigenvalue weighted by atomic mass is 15.6. The van der Waals surface area contributed by atoms with Crippen LogP contribution in [-0.4, -0.2) is 26.8 Å². The van der Waals surface area contributed by atoms with Crippen LogP contribution in [-0.2, 0) is 6.54 Å². The average Bonchev–Trinajstić information content (AvgIpc) is 3.11. The van der Waals surface area contributed by atoms with E-state index in [2.05, 4.69) is 65.0 Å². The van der Waals surface area contributed by atoms with Crippen LogP contribution in [0.25, 0.3) is 0 Å². The standard InChI is InChI=1S/C15H21N5/c1-11(2)9-16-10-15-17-18-19-20(15)14-8-13(14)12-6-4-3-5-7-12/h3-7,11,13-14,16H,8-10H2,1-2H3. The van der Waals surface area contributed by atoms with Crippen LogP contribution in [0.3, 0.4) is 0 Å². The zero-order chi connectivity index (χ0) is 13.9. The average molecular weight is 271 g/mol. The number of rotatable bonds is 6. The Kier molecular flexibility index (Phi) is 3.78. The van der Waals surface area contributed by atoms with E-state index < -0.39 is 0 Å². The molecule has 0 amide bonds. The molecular formula is C15H21N5. The van der Waals surface area contributed by atoms with Crippen LogP contribution in [0.4, 0.5) is 0 Å². The highest BCUT2D eigenvalue weighted by Crippen LogP contribution is 2.51. The Morgan fingerprint density at radius 1 is 1.30 bits per heavy atom. The second-order valence-electron chi connectivity index (χ2n) is 5.88. The minimum atomic E-state index is 0.420. The molecule has 2 atom stereocenters. The molecule has 1 heterocycles. The van der Waals surface area contributed by atoms with Gasteiger partial charge in [0.25, 0.3) is 0 Å². The van der Waals surface area contributed by atoms with Gasteiger partial charge in [-0.25, -0.2) is 4.68 Å². The number of nitrogens with zero attached hydrogens (tertiary/aromatic N) is 4. The summed E-state index contributed by atoms with van der Waals surface area (Å²) >= 11 is 0. The summed E-state index contributed by atoms with van der Waals surface area (Å²) in [4.78, 5) is 0. The monoisotopic (exact) mass is 271 g/mol. The lowest BCUT2D eigenvalue weighted by atomic mass is 10.1. The van der Waals surface area contributed by atoms with E-state index in [9.17, 15) is 0 Å². The van der Waals surface area contributed by atoms with Crippen molar-refractivity contribution in [1.82, 2.24) is 25.5 Å². The number of tetrazole rings is 1. The van der Waals surface area contributed by atoms with Gasteiger partial charge in [-0.2, -0.15) is 0 Å². The van der Waals surface area contributed by atoms with Gasteiger partial charge in [-0.15, -0.1) is 5.10 Å². The van der Waals surface area contributed by atoms with Gasteiger partial charge in [0.05, 0.1) is 12.6 Å². The molecule has 0 bridgehead atoms. The molecule has 2 unspecified atom stereocenters. The summed E-state index contributed by atoms with van der Waals surface area (Å²) in [6.45, 7) is 6.12. The van der Waals surface area contributed by atoms with E-state index in [1.54, 1.807) is 0 Å². The molecule has 0 aliphatic heterocycles. The lowest BCUT2D eigenvalue weighted by Gasteiger charge is -2.07. The molecular weight excluding hydrogens is 250 g/mol. The first-order valence-corrected chi connectivity index (χ1v) is 7.28. The molecule has 5 heteroatoms. The summed E-state index contributed by atoms with van der Waals surface area (Å²) in [5.74, 6) is 2.13. The van der Waals surface area contributed by atoms with E-state index in [4.69, 9.17) is 0 Å². The van der Waals surface area contributed by atoms with Gasteiger partial charge in [0.1, 0.15) is 0 Å². The molecule has 1 aliphatic carbocycles. The molecule has 0 radical (unpaired) electrons. The Hall–Kier alpha value is -1.75. The minimum Gasteiger partial charge on any atom is -0.310 e. The number of nitrogens with one attached hydrogen (secondary N) is 1. The highest BCUT2D eigenvalue weighted by molar-refractivity contribution is 5.26. The quantitative estimate of drug-likeness (QED) is 0.874. The van der Waals surface area contributed by atoms with E-state index in [1.165, 1.54) is 5.56 Å². The number of hydrogen-bond donors (Lipinski definition) is 1. The maximum Gasteiger partial charge on any atom is 0.165 e. The Balaban J connectivity index is 1.63. The molecule has 0 saturated heterocycles. The van der Waals surface area contributed by atoms with E-state index in [0.29, 0.717) is 17.9 Å². The zero-order valence-corrected chi connectivity index (χ0v) is 12.0. The van der Waals surface area contributed by atoms with Crippen LogP contribution in [0, 0.1) is 5.92 Å². The first kappa shape index (κ1) is 13.2. The van der Waals surface area contributed by atoms with Crippen molar-refractivity contribution in [3.8, 4) is 0 Å². The van der Waals surface area contributed by atoms with E-state index in [-0.39, 0.29) is 0 Å². The van der Waals surface area contributed by atoms with Crippen molar-refractivity contribution in [2.24, 2.45) is 5.92 Å². The van der Waals surface area contributed by atoms with Crippen molar-refractivity contribution >= 4 is 0 Å². The van der Waals surface area contributed by atoms with Crippen molar-refractivity contribution in [1.29, 1.82) is 0 Å². The molecule has 1 aromatic heterocycles. The topological polar surface area (TPSA) is 55.6 Å². The number of benzene rings is 1. The summed E-state index contributed by atoms with van der Waals surface area (Å²) in [6, 6.07) is 11.0. The zero-order valence-electron chi connectivity index (χ0n) is 12.0. The lowest BCUT2D eigenvalue weighted by Crippen LogP contribution is -2.21. The largest absolute Gasteiger partial charge is 0.310 e. The fourth-order valence-corrected chi connectivity index (χ4v) is 2.57.